The Labute approximate surface area is 165 Å². The van der Waals surface area contributed by atoms with Crippen molar-refractivity contribution in [2.24, 2.45) is 0 Å². The third kappa shape index (κ3) is 5.09. The predicted molar refractivity (Wildman–Crippen MR) is 101 cm³/mol. The summed E-state index contributed by atoms with van der Waals surface area (Å²) in [6.07, 6.45) is 0.598. The maximum Gasteiger partial charge on any atom is 0.338 e. The standard InChI is InChI=1S/C19H26N2O6S/c1-12-10-21(11-13(2)26-12)18(22)14(3)27-19(23)15-4-8-17(9-5-15)28(24,25)20-16-6-7-16/h4-5,8-9,12-14,16,20H,6-7,10-11H2,1-3H3. The van der Waals surface area contributed by atoms with Crippen LogP contribution in [0, 0.1) is 0 Å². The van der Waals surface area contributed by atoms with Crippen LogP contribution in [0.5, 0.6) is 0 Å². The Balaban J connectivity index is 1.60. The number of sulfonamides is 1. The maximum atomic E-state index is 12.6. The Morgan fingerprint density at radius 3 is 2.25 bits per heavy atom. The summed E-state index contributed by atoms with van der Waals surface area (Å²) in [5, 5.41) is 0. The predicted octanol–water partition coefficient (Wildman–Crippen LogP) is 1.31. The lowest BCUT2D eigenvalue weighted by Crippen LogP contribution is -2.51. The van der Waals surface area contributed by atoms with Crippen LogP contribution in [0.4, 0.5) is 0 Å². The number of carbonyl (C=O) groups is 2. The van der Waals surface area contributed by atoms with Crippen molar-refractivity contribution in [1.82, 2.24) is 9.62 Å². The maximum absolute atomic E-state index is 12.6. The fourth-order valence-corrected chi connectivity index (χ4v) is 4.46. The third-order valence-electron chi connectivity index (χ3n) is 4.66. The van der Waals surface area contributed by atoms with Crippen molar-refractivity contribution < 1.29 is 27.5 Å². The van der Waals surface area contributed by atoms with Gasteiger partial charge < -0.3 is 14.4 Å². The van der Waals surface area contributed by atoms with Gasteiger partial charge in [-0.1, -0.05) is 0 Å². The SMILES string of the molecule is CC1CN(C(=O)C(C)OC(=O)c2ccc(S(=O)(=O)NC3CC3)cc2)CC(C)O1. The second-order valence-electron chi connectivity index (χ2n) is 7.47. The van der Waals surface area contributed by atoms with Gasteiger partial charge in [-0.3, -0.25) is 4.79 Å². The molecular weight excluding hydrogens is 384 g/mol. The molecule has 3 rings (SSSR count). The van der Waals surface area contributed by atoms with Crippen LogP contribution in [0.15, 0.2) is 29.2 Å². The third-order valence-corrected chi connectivity index (χ3v) is 6.20. The van der Waals surface area contributed by atoms with E-state index in [2.05, 4.69) is 4.72 Å². The number of rotatable bonds is 6. The molecule has 1 aromatic carbocycles. The molecule has 3 unspecified atom stereocenters. The largest absolute Gasteiger partial charge is 0.449 e. The van der Waals surface area contributed by atoms with Crippen LogP contribution in [0.25, 0.3) is 0 Å². The number of esters is 1. The number of morpholine rings is 1. The molecule has 0 aromatic heterocycles. The van der Waals surface area contributed by atoms with Gasteiger partial charge in [-0.15, -0.1) is 0 Å². The van der Waals surface area contributed by atoms with Crippen LogP contribution in [-0.2, 0) is 24.3 Å². The molecule has 2 aliphatic rings. The van der Waals surface area contributed by atoms with Crippen molar-refractivity contribution in [3.05, 3.63) is 29.8 Å². The second kappa shape index (κ2) is 8.18. The topological polar surface area (TPSA) is 102 Å². The average molecular weight is 410 g/mol. The molecule has 1 amide bonds. The normalized spacial score (nSPS) is 23.9. The van der Waals surface area contributed by atoms with E-state index in [1.807, 2.05) is 13.8 Å². The van der Waals surface area contributed by atoms with E-state index >= 15 is 0 Å². The van der Waals surface area contributed by atoms with Crippen LogP contribution < -0.4 is 4.72 Å². The van der Waals surface area contributed by atoms with E-state index in [-0.39, 0.29) is 34.6 Å². The Bertz CT molecular complexity index is 824. The Morgan fingerprint density at radius 2 is 1.71 bits per heavy atom. The number of ether oxygens (including phenoxy) is 2. The summed E-state index contributed by atoms with van der Waals surface area (Å²) in [6, 6.07) is 5.50. The number of nitrogens with zero attached hydrogens (tertiary/aromatic N) is 1. The van der Waals surface area contributed by atoms with Gasteiger partial charge in [0.15, 0.2) is 6.10 Å². The molecule has 1 saturated carbocycles. The van der Waals surface area contributed by atoms with Gasteiger partial charge >= 0.3 is 5.97 Å². The van der Waals surface area contributed by atoms with Crippen molar-refractivity contribution in [3.63, 3.8) is 0 Å². The molecule has 0 radical (unpaired) electrons. The van der Waals surface area contributed by atoms with Crippen molar-refractivity contribution in [3.8, 4) is 0 Å². The van der Waals surface area contributed by atoms with E-state index in [1.54, 1.807) is 4.90 Å². The molecule has 28 heavy (non-hydrogen) atoms. The van der Waals surface area contributed by atoms with Crippen LogP contribution in [0.2, 0.25) is 0 Å². The summed E-state index contributed by atoms with van der Waals surface area (Å²) in [5.41, 5.74) is 0.189. The number of benzene rings is 1. The summed E-state index contributed by atoms with van der Waals surface area (Å²) in [7, 11) is -3.58. The lowest BCUT2D eigenvalue weighted by molar-refractivity contribution is -0.151. The minimum absolute atomic E-state index is 0.00660. The number of hydrogen-bond donors (Lipinski definition) is 1. The fourth-order valence-electron chi connectivity index (χ4n) is 3.15. The number of amides is 1. The highest BCUT2D eigenvalue weighted by atomic mass is 32.2. The minimum Gasteiger partial charge on any atom is -0.449 e. The summed E-state index contributed by atoms with van der Waals surface area (Å²) >= 11 is 0. The Kier molecular flexibility index (Phi) is 6.07. The summed E-state index contributed by atoms with van der Waals surface area (Å²) in [4.78, 5) is 26.6. The molecule has 8 nitrogen and oxygen atoms in total. The lowest BCUT2D eigenvalue weighted by Gasteiger charge is -2.36. The van der Waals surface area contributed by atoms with Gasteiger partial charge in [0.25, 0.3) is 5.91 Å². The summed E-state index contributed by atoms with van der Waals surface area (Å²) in [5.74, 6) is -0.947. The summed E-state index contributed by atoms with van der Waals surface area (Å²) < 4.78 is 37.8. The summed E-state index contributed by atoms with van der Waals surface area (Å²) in [6.45, 7) is 6.21. The minimum atomic E-state index is -3.58. The lowest BCUT2D eigenvalue weighted by atomic mass is 10.2. The van der Waals surface area contributed by atoms with E-state index in [4.69, 9.17) is 9.47 Å². The molecular formula is C19H26N2O6S. The van der Waals surface area contributed by atoms with E-state index in [0.717, 1.165) is 12.8 Å². The van der Waals surface area contributed by atoms with E-state index in [0.29, 0.717) is 13.1 Å². The zero-order chi connectivity index (χ0) is 20.5. The Morgan fingerprint density at radius 1 is 1.14 bits per heavy atom. The van der Waals surface area contributed by atoms with Crippen LogP contribution in [0.3, 0.4) is 0 Å². The van der Waals surface area contributed by atoms with E-state index in [1.165, 1.54) is 31.2 Å². The van der Waals surface area contributed by atoms with Gasteiger partial charge in [0.2, 0.25) is 10.0 Å². The molecule has 1 aliphatic carbocycles. The van der Waals surface area contributed by atoms with Crippen LogP contribution in [-0.4, -0.2) is 62.6 Å². The van der Waals surface area contributed by atoms with Gasteiger partial charge in [-0.05, 0) is 57.9 Å². The molecule has 1 heterocycles. The van der Waals surface area contributed by atoms with Crippen LogP contribution in [0.1, 0.15) is 44.0 Å². The van der Waals surface area contributed by atoms with Crippen LogP contribution >= 0.6 is 0 Å². The highest BCUT2D eigenvalue weighted by Crippen LogP contribution is 2.22. The zero-order valence-electron chi connectivity index (χ0n) is 16.3. The van der Waals surface area contributed by atoms with E-state index < -0.39 is 22.1 Å². The molecule has 0 bridgehead atoms. The highest BCUT2D eigenvalue weighted by Gasteiger charge is 2.31. The van der Waals surface area contributed by atoms with Crippen molar-refractivity contribution >= 4 is 21.9 Å². The van der Waals surface area contributed by atoms with Gasteiger partial charge in [0, 0.05) is 19.1 Å². The monoisotopic (exact) mass is 410 g/mol. The fraction of sp³-hybridized carbons (Fsp3) is 0.579. The molecule has 1 saturated heterocycles. The number of hydrogen-bond acceptors (Lipinski definition) is 6. The average Bonchev–Trinajstić information content (AvgIpc) is 3.43. The number of nitrogens with one attached hydrogen (secondary N) is 1. The molecule has 154 valence electrons. The van der Waals surface area contributed by atoms with Crippen molar-refractivity contribution in [1.29, 1.82) is 0 Å². The zero-order valence-corrected chi connectivity index (χ0v) is 17.1. The quantitative estimate of drug-likeness (QED) is 0.710. The van der Waals surface area contributed by atoms with Crippen molar-refractivity contribution in [2.75, 3.05) is 13.1 Å². The molecule has 1 N–H and O–H groups in total. The molecule has 9 heteroatoms. The number of carbonyl (C=O) groups excluding carboxylic acids is 2. The smallest absolute Gasteiger partial charge is 0.338 e. The van der Waals surface area contributed by atoms with Gasteiger partial charge in [0.05, 0.1) is 22.7 Å². The first-order valence-electron chi connectivity index (χ1n) is 9.43. The second-order valence-corrected chi connectivity index (χ2v) is 9.18. The van der Waals surface area contributed by atoms with Crippen molar-refractivity contribution in [2.45, 2.75) is 62.9 Å². The first kappa shape index (κ1) is 20.8. The van der Waals surface area contributed by atoms with Gasteiger partial charge in [0.1, 0.15) is 0 Å². The molecule has 2 fully saturated rings. The molecule has 1 aliphatic heterocycles. The Hall–Kier alpha value is -1.97. The molecule has 1 aromatic rings. The first-order chi connectivity index (χ1) is 13.2. The highest BCUT2D eigenvalue weighted by molar-refractivity contribution is 7.89. The molecule has 3 atom stereocenters. The van der Waals surface area contributed by atoms with Gasteiger partial charge in [-0.25, -0.2) is 17.9 Å². The first-order valence-corrected chi connectivity index (χ1v) is 10.9. The van der Waals surface area contributed by atoms with E-state index in [9.17, 15) is 18.0 Å². The molecule has 0 spiro atoms. The van der Waals surface area contributed by atoms with Gasteiger partial charge in [-0.2, -0.15) is 0 Å².